The molecule has 6 heteroatoms. The molecule has 1 unspecified atom stereocenters. The molecule has 1 aliphatic carbocycles. The van der Waals surface area contributed by atoms with Crippen LogP contribution >= 0.6 is 0 Å². The normalized spacial score (nSPS) is 22.6. The molecule has 1 aromatic rings. The average molecular weight is 298 g/mol. The van der Waals surface area contributed by atoms with Crippen LogP contribution in [0.5, 0.6) is 5.75 Å². The van der Waals surface area contributed by atoms with Crippen molar-refractivity contribution < 1.29 is 13.5 Å². The van der Waals surface area contributed by atoms with Gasteiger partial charge >= 0.3 is 0 Å². The molecule has 1 aromatic carbocycles. The number of phenols is 1. The Bertz CT molecular complexity index is 596. The topological polar surface area (TPSA) is 92.4 Å². The number of nitrogen functional groups attached to an aromatic ring is 1. The number of sulfonamides is 1. The highest BCUT2D eigenvalue weighted by Gasteiger charge is 2.35. The summed E-state index contributed by atoms with van der Waals surface area (Å²) in [6.45, 7) is 4.18. The number of anilines is 1. The van der Waals surface area contributed by atoms with Gasteiger partial charge < -0.3 is 10.8 Å². The lowest BCUT2D eigenvalue weighted by Gasteiger charge is -2.38. The van der Waals surface area contributed by atoms with Gasteiger partial charge in [0, 0.05) is 6.04 Å². The molecule has 1 atom stereocenters. The van der Waals surface area contributed by atoms with E-state index in [9.17, 15) is 13.5 Å². The van der Waals surface area contributed by atoms with Crippen LogP contribution in [-0.2, 0) is 10.0 Å². The van der Waals surface area contributed by atoms with Crippen LogP contribution in [0, 0.1) is 5.41 Å². The summed E-state index contributed by atoms with van der Waals surface area (Å²) >= 11 is 0. The van der Waals surface area contributed by atoms with Gasteiger partial charge in [-0.1, -0.05) is 26.7 Å². The molecule has 112 valence electrons. The van der Waals surface area contributed by atoms with Gasteiger partial charge in [0.15, 0.2) is 0 Å². The zero-order valence-electron chi connectivity index (χ0n) is 11.9. The van der Waals surface area contributed by atoms with Crippen LogP contribution in [0.2, 0.25) is 0 Å². The van der Waals surface area contributed by atoms with E-state index < -0.39 is 10.0 Å². The minimum absolute atomic E-state index is 0.0478. The third-order valence-electron chi connectivity index (χ3n) is 4.11. The predicted octanol–water partition coefficient (Wildman–Crippen LogP) is 2.22. The first-order valence-electron chi connectivity index (χ1n) is 6.83. The van der Waals surface area contributed by atoms with E-state index in [-0.39, 0.29) is 27.8 Å². The third-order valence-corrected chi connectivity index (χ3v) is 5.58. The molecule has 0 radical (unpaired) electrons. The van der Waals surface area contributed by atoms with E-state index in [1.807, 2.05) is 0 Å². The maximum absolute atomic E-state index is 12.4. The lowest BCUT2D eigenvalue weighted by molar-refractivity contribution is 0.188. The highest BCUT2D eigenvalue weighted by Crippen LogP contribution is 2.36. The summed E-state index contributed by atoms with van der Waals surface area (Å²) in [7, 11) is -3.61. The fourth-order valence-corrected chi connectivity index (χ4v) is 4.14. The first kappa shape index (κ1) is 15.1. The van der Waals surface area contributed by atoms with Crippen LogP contribution in [0.1, 0.15) is 39.5 Å². The second-order valence-electron chi connectivity index (χ2n) is 6.13. The zero-order valence-corrected chi connectivity index (χ0v) is 12.7. The Morgan fingerprint density at radius 1 is 1.35 bits per heavy atom. The third kappa shape index (κ3) is 3.07. The van der Waals surface area contributed by atoms with Gasteiger partial charge in [-0.15, -0.1) is 0 Å². The van der Waals surface area contributed by atoms with Crippen molar-refractivity contribution in [3.63, 3.8) is 0 Å². The molecule has 2 rings (SSSR count). The first-order valence-corrected chi connectivity index (χ1v) is 8.31. The zero-order chi connectivity index (χ0) is 15.0. The lowest BCUT2D eigenvalue weighted by Crippen LogP contribution is -2.46. The van der Waals surface area contributed by atoms with Crippen molar-refractivity contribution in [2.24, 2.45) is 5.41 Å². The van der Waals surface area contributed by atoms with Crippen molar-refractivity contribution in [1.29, 1.82) is 0 Å². The number of nitrogens with two attached hydrogens (primary N) is 1. The Kier molecular flexibility index (Phi) is 3.97. The highest BCUT2D eigenvalue weighted by atomic mass is 32.2. The number of benzene rings is 1. The molecular formula is C14H22N2O3S. The van der Waals surface area contributed by atoms with Crippen molar-refractivity contribution in [2.75, 3.05) is 5.73 Å². The average Bonchev–Trinajstić information content (AvgIpc) is 2.35. The minimum atomic E-state index is -3.61. The van der Waals surface area contributed by atoms with Gasteiger partial charge in [0.1, 0.15) is 5.75 Å². The monoisotopic (exact) mass is 298 g/mol. The van der Waals surface area contributed by atoms with Gasteiger partial charge in [-0.05, 0) is 36.5 Å². The Balaban J connectivity index is 2.24. The van der Waals surface area contributed by atoms with Crippen LogP contribution in [0.15, 0.2) is 23.1 Å². The number of nitrogens with one attached hydrogen (secondary N) is 1. The van der Waals surface area contributed by atoms with E-state index in [0.29, 0.717) is 0 Å². The SMILES string of the molecule is CC1(C)CCCCC1NS(=O)(=O)c1ccc(O)c(N)c1. The summed E-state index contributed by atoms with van der Waals surface area (Å²) in [4.78, 5) is 0.0918. The van der Waals surface area contributed by atoms with Gasteiger partial charge in [0.2, 0.25) is 10.0 Å². The Morgan fingerprint density at radius 3 is 2.65 bits per heavy atom. The summed E-state index contributed by atoms with van der Waals surface area (Å²) in [5.41, 5.74) is 5.58. The second-order valence-corrected chi connectivity index (χ2v) is 7.84. The van der Waals surface area contributed by atoms with E-state index in [4.69, 9.17) is 5.73 Å². The lowest BCUT2D eigenvalue weighted by atomic mass is 9.74. The van der Waals surface area contributed by atoms with Crippen molar-refractivity contribution in [3.05, 3.63) is 18.2 Å². The molecule has 1 aliphatic rings. The van der Waals surface area contributed by atoms with Crippen molar-refractivity contribution in [2.45, 2.75) is 50.5 Å². The van der Waals surface area contributed by atoms with Crippen LogP contribution in [0.3, 0.4) is 0 Å². The quantitative estimate of drug-likeness (QED) is 0.589. The summed E-state index contributed by atoms with van der Waals surface area (Å²) in [5, 5.41) is 9.37. The van der Waals surface area contributed by atoms with E-state index >= 15 is 0 Å². The van der Waals surface area contributed by atoms with Gasteiger partial charge in [0.05, 0.1) is 10.6 Å². The van der Waals surface area contributed by atoms with Crippen molar-refractivity contribution >= 4 is 15.7 Å². The Morgan fingerprint density at radius 2 is 2.05 bits per heavy atom. The standard InChI is InChI=1S/C14H22N2O3S/c1-14(2)8-4-3-5-13(14)16-20(18,19)10-6-7-12(17)11(15)9-10/h6-7,9,13,16-17H,3-5,8,15H2,1-2H3. The van der Waals surface area contributed by atoms with Gasteiger partial charge in [-0.2, -0.15) is 0 Å². The molecule has 0 spiro atoms. The van der Waals surface area contributed by atoms with Crippen molar-refractivity contribution in [3.8, 4) is 5.75 Å². The van der Waals surface area contributed by atoms with E-state index in [2.05, 4.69) is 18.6 Å². The molecule has 0 bridgehead atoms. The molecule has 5 nitrogen and oxygen atoms in total. The van der Waals surface area contributed by atoms with Crippen LogP contribution in [0.25, 0.3) is 0 Å². The molecular weight excluding hydrogens is 276 g/mol. The van der Waals surface area contributed by atoms with Gasteiger partial charge in [0.25, 0.3) is 0 Å². The second kappa shape index (κ2) is 5.26. The number of aromatic hydroxyl groups is 1. The molecule has 20 heavy (non-hydrogen) atoms. The fraction of sp³-hybridized carbons (Fsp3) is 0.571. The minimum Gasteiger partial charge on any atom is -0.506 e. The molecule has 1 saturated carbocycles. The largest absolute Gasteiger partial charge is 0.506 e. The molecule has 0 saturated heterocycles. The molecule has 1 fully saturated rings. The Hall–Kier alpha value is -1.27. The van der Waals surface area contributed by atoms with E-state index in [1.54, 1.807) is 0 Å². The smallest absolute Gasteiger partial charge is 0.240 e. The van der Waals surface area contributed by atoms with E-state index in [0.717, 1.165) is 25.7 Å². The van der Waals surface area contributed by atoms with Crippen LogP contribution < -0.4 is 10.5 Å². The summed E-state index contributed by atoms with van der Waals surface area (Å²) in [5.74, 6) is -0.109. The van der Waals surface area contributed by atoms with Crippen LogP contribution in [-0.4, -0.2) is 19.6 Å². The summed E-state index contributed by atoms with van der Waals surface area (Å²) in [6.07, 6.45) is 4.03. The number of phenolic OH excluding ortho intramolecular Hbond substituents is 1. The molecule has 4 N–H and O–H groups in total. The molecule has 0 aromatic heterocycles. The molecule has 0 aliphatic heterocycles. The summed E-state index contributed by atoms with van der Waals surface area (Å²) in [6, 6.07) is 3.88. The molecule has 0 heterocycles. The van der Waals surface area contributed by atoms with Crippen molar-refractivity contribution in [1.82, 2.24) is 4.72 Å². The number of hydrogen-bond acceptors (Lipinski definition) is 4. The highest BCUT2D eigenvalue weighted by molar-refractivity contribution is 7.89. The van der Waals surface area contributed by atoms with Gasteiger partial charge in [-0.25, -0.2) is 13.1 Å². The first-order chi connectivity index (χ1) is 9.22. The Labute approximate surface area is 120 Å². The maximum Gasteiger partial charge on any atom is 0.240 e. The maximum atomic E-state index is 12.4. The van der Waals surface area contributed by atoms with Gasteiger partial charge in [-0.3, -0.25) is 0 Å². The fourth-order valence-electron chi connectivity index (χ4n) is 2.67. The number of hydrogen-bond donors (Lipinski definition) is 3. The number of rotatable bonds is 3. The van der Waals surface area contributed by atoms with E-state index in [1.165, 1.54) is 18.2 Å². The molecule has 0 amide bonds. The van der Waals surface area contributed by atoms with Crippen LogP contribution in [0.4, 0.5) is 5.69 Å². The predicted molar refractivity (Wildman–Crippen MR) is 78.9 cm³/mol. The summed E-state index contributed by atoms with van der Waals surface area (Å²) < 4.78 is 27.6.